The molecule has 0 radical (unpaired) electrons. The summed E-state index contributed by atoms with van der Waals surface area (Å²) >= 11 is 5.97. The van der Waals surface area contributed by atoms with Crippen LogP contribution in [0.3, 0.4) is 0 Å². The predicted molar refractivity (Wildman–Crippen MR) is 91.0 cm³/mol. The number of hydrogen-bond donors (Lipinski definition) is 4. The Morgan fingerprint density at radius 3 is 2.61 bits per heavy atom. The van der Waals surface area contributed by atoms with Crippen LogP contribution in [0.4, 0.5) is 0 Å². The maximum absolute atomic E-state index is 11.7. The second-order valence-corrected chi connectivity index (χ2v) is 5.27. The minimum atomic E-state index is -0.604. The summed E-state index contributed by atoms with van der Waals surface area (Å²) in [5, 5.41) is 5.78. The second-order valence-electron chi connectivity index (χ2n) is 4.83. The summed E-state index contributed by atoms with van der Waals surface area (Å²) in [6.07, 6.45) is 0. The van der Waals surface area contributed by atoms with Crippen LogP contribution in [0.2, 0.25) is 5.02 Å². The Morgan fingerprint density at radius 2 is 1.91 bits per heavy atom. The van der Waals surface area contributed by atoms with Crippen LogP contribution >= 0.6 is 11.6 Å². The van der Waals surface area contributed by atoms with E-state index >= 15 is 0 Å². The molecule has 6 N–H and O–H groups in total. The summed E-state index contributed by atoms with van der Waals surface area (Å²) < 4.78 is 4.87. The summed E-state index contributed by atoms with van der Waals surface area (Å²) in [6, 6.07) is 11.6. The van der Waals surface area contributed by atoms with Crippen LogP contribution in [-0.2, 0) is 16.1 Å². The molecule has 2 aromatic carbocycles. The molecule has 2 rings (SSSR count). The number of esters is 1. The van der Waals surface area contributed by atoms with Crippen LogP contribution in [0.15, 0.2) is 47.9 Å². The van der Waals surface area contributed by atoms with Crippen molar-refractivity contribution in [2.45, 2.75) is 13.5 Å². The molecule has 0 aliphatic rings. The number of halogens is 1. The standard InChI is InChI=1S/C16H19ClN4O2/c1-2-23-16(22)14(21-19)15(18)20-9-10-3-4-12-8-13(17)6-5-11(12)7-10/h3-8,20-21H,2,9,18-19H2,1H3/b15-14+. The van der Waals surface area contributed by atoms with Crippen molar-refractivity contribution in [2.75, 3.05) is 6.61 Å². The van der Waals surface area contributed by atoms with Crippen molar-refractivity contribution >= 4 is 28.3 Å². The largest absolute Gasteiger partial charge is 0.461 e. The van der Waals surface area contributed by atoms with Gasteiger partial charge >= 0.3 is 5.97 Å². The highest BCUT2D eigenvalue weighted by Crippen LogP contribution is 2.20. The van der Waals surface area contributed by atoms with Gasteiger partial charge in [-0.1, -0.05) is 29.8 Å². The molecule has 6 nitrogen and oxygen atoms in total. The molecule has 7 heteroatoms. The molecule has 122 valence electrons. The monoisotopic (exact) mass is 334 g/mol. The lowest BCUT2D eigenvalue weighted by Gasteiger charge is -2.12. The van der Waals surface area contributed by atoms with Crippen molar-refractivity contribution in [1.82, 2.24) is 10.7 Å². The highest BCUT2D eigenvalue weighted by molar-refractivity contribution is 6.31. The van der Waals surface area contributed by atoms with Crippen LogP contribution in [-0.4, -0.2) is 12.6 Å². The van der Waals surface area contributed by atoms with Gasteiger partial charge < -0.3 is 21.2 Å². The highest BCUT2D eigenvalue weighted by atomic mass is 35.5. The number of hydrazine groups is 1. The third kappa shape index (κ3) is 4.28. The van der Waals surface area contributed by atoms with Crippen LogP contribution in [0, 0.1) is 0 Å². The fraction of sp³-hybridized carbons (Fsp3) is 0.188. The molecular weight excluding hydrogens is 316 g/mol. The zero-order chi connectivity index (χ0) is 16.8. The van der Waals surface area contributed by atoms with Gasteiger partial charge in [0.2, 0.25) is 0 Å². The van der Waals surface area contributed by atoms with E-state index in [1.807, 2.05) is 36.4 Å². The summed E-state index contributed by atoms with van der Waals surface area (Å²) in [5.41, 5.74) is 9.11. The number of nitrogens with two attached hydrogens (primary N) is 2. The minimum Gasteiger partial charge on any atom is -0.461 e. The van der Waals surface area contributed by atoms with E-state index in [0.29, 0.717) is 11.6 Å². The Kier molecular flexibility index (Phi) is 5.67. The number of nitrogens with one attached hydrogen (secondary N) is 2. The van der Waals surface area contributed by atoms with E-state index in [0.717, 1.165) is 16.3 Å². The first kappa shape index (κ1) is 16.9. The number of carbonyl (C=O) groups excluding carboxylic acids is 1. The smallest absolute Gasteiger partial charge is 0.359 e. The van der Waals surface area contributed by atoms with Gasteiger partial charge in [-0.25, -0.2) is 4.79 Å². The molecule has 0 saturated heterocycles. The minimum absolute atomic E-state index is 0.000536. The first-order chi connectivity index (χ1) is 11.0. The van der Waals surface area contributed by atoms with Gasteiger partial charge in [-0.3, -0.25) is 5.84 Å². The molecule has 0 heterocycles. The van der Waals surface area contributed by atoms with Crippen molar-refractivity contribution in [3.8, 4) is 0 Å². The quantitative estimate of drug-likeness (QED) is 0.278. The molecule has 0 amide bonds. The Labute approximate surface area is 139 Å². The molecule has 23 heavy (non-hydrogen) atoms. The normalized spacial score (nSPS) is 11.8. The van der Waals surface area contributed by atoms with Crippen molar-refractivity contribution in [2.24, 2.45) is 11.6 Å². The highest BCUT2D eigenvalue weighted by Gasteiger charge is 2.13. The molecular formula is C16H19ClN4O2. The van der Waals surface area contributed by atoms with E-state index < -0.39 is 5.97 Å². The third-order valence-electron chi connectivity index (χ3n) is 3.24. The van der Waals surface area contributed by atoms with Gasteiger partial charge in [-0.15, -0.1) is 0 Å². The van der Waals surface area contributed by atoms with E-state index in [9.17, 15) is 4.79 Å². The first-order valence-corrected chi connectivity index (χ1v) is 7.48. The third-order valence-corrected chi connectivity index (χ3v) is 3.48. The number of carbonyl (C=O) groups is 1. The molecule has 0 aliphatic carbocycles. The summed E-state index contributed by atoms with van der Waals surface area (Å²) in [7, 11) is 0. The number of ether oxygens (including phenoxy) is 1. The fourth-order valence-corrected chi connectivity index (χ4v) is 2.29. The maximum Gasteiger partial charge on any atom is 0.359 e. The van der Waals surface area contributed by atoms with E-state index in [4.69, 9.17) is 27.9 Å². The van der Waals surface area contributed by atoms with Crippen molar-refractivity contribution in [1.29, 1.82) is 0 Å². The van der Waals surface area contributed by atoms with Crippen molar-refractivity contribution in [3.63, 3.8) is 0 Å². The van der Waals surface area contributed by atoms with Gasteiger partial charge in [0.15, 0.2) is 5.70 Å². The average Bonchev–Trinajstić information content (AvgIpc) is 2.53. The van der Waals surface area contributed by atoms with Crippen molar-refractivity contribution in [3.05, 3.63) is 58.5 Å². The van der Waals surface area contributed by atoms with Crippen LogP contribution < -0.4 is 22.3 Å². The van der Waals surface area contributed by atoms with E-state index in [2.05, 4.69) is 10.7 Å². The number of fused-ring (bicyclic) bond motifs is 1. The lowest BCUT2D eigenvalue weighted by atomic mass is 10.1. The first-order valence-electron chi connectivity index (χ1n) is 7.10. The maximum atomic E-state index is 11.7. The van der Waals surface area contributed by atoms with E-state index in [-0.39, 0.29) is 18.1 Å². The Hall–Kier alpha value is -2.44. The van der Waals surface area contributed by atoms with Crippen molar-refractivity contribution < 1.29 is 9.53 Å². The fourth-order valence-electron chi connectivity index (χ4n) is 2.11. The molecule has 0 aromatic heterocycles. The molecule has 0 aliphatic heterocycles. The van der Waals surface area contributed by atoms with Gasteiger partial charge in [-0.05, 0) is 41.5 Å². The Balaban J connectivity index is 2.13. The molecule has 2 aromatic rings. The second kappa shape index (κ2) is 7.71. The van der Waals surface area contributed by atoms with E-state index in [1.165, 1.54) is 0 Å². The van der Waals surface area contributed by atoms with Crippen LogP contribution in [0.1, 0.15) is 12.5 Å². The molecule has 0 unspecified atom stereocenters. The summed E-state index contributed by atoms with van der Waals surface area (Å²) in [6.45, 7) is 2.39. The SMILES string of the molecule is CCOC(=O)/C(NN)=C(/N)NCc1ccc2cc(Cl)ccc2c1. The Bertz CT molecular complexity index is 746. The number of hydrogen-bond acceptors (Lipinski definition) is 6. The van der Waals surface area contributed by atoms with Gasteiger partial charge in [-0.2, -0.15) is 0 Å². The lowest BCUT2D eigenvalue weighted by molar-refractivity contribution is -0.139. The topological polar surface area (TPSA) is 102 Å². The zero-order valence-corrected chi connectivity index (χ0v) is 13.5. The van der Waals surface area contributed by atoms with Gasteiger partial charge in [0, 0.05) is 11.6 Å². The molecule has 0 spiro atoms. The van der Waals surface area contributed by atoms with Crippen LogP contribution in [0.25, 0.3) is 10.8 Å². The molecule has 0 atom stereocenters. The molecule has 0 saturated carbocycles. The van der Waals surface area contributed by atoms with Gasteiger partial charge in [0.25, 0.3) is 0 Å². The number of rotatable bonds is 6. The lowest BCUT2D eigenvalue weighted by Crippen LogP contribution is -2.35. The summed E-state index contributed by atoms with van der Waals surface area (Å²) in [4.78, 5) is 11.7. The molecule has 0 fully saturated rings. The van der Waals surface area contributed by atoms with Gasteiger partial charge in [0.05, 0.1) is 6.61 Å². The predicted octanol–water partition coefficient (Wildman–Crippen LogP) is 1.74. The summed E-state index contributed by atoms with van der Waals surface area (Å²) in [5.74, 6) is 4.84. The van der Waals surface area contributed by atoms with Gasteiger partial charge in [0.1, 0.15) is 5.82 Å². The van der Waals surface area contributed by atoms with Crippen LogP contribution in [0.5, 0.6) is 0 Å². The molecule has 0 bridgehead atoms. The average molecular weight is 335 g/mol. The number of benzene rings is 2. The Morgan fingerprint density at radius 1 is 1.22 bits per heavy atom. The zero-order valence-electron chi connectivity index (χ0n) is 12.7. The van der Waals surface area contributed by atoms with E-state index in [1.54, 1.807) is 6.92 Å².